The molecule has 2 aromatic carbocycles. The van der Waals surface area contributed by atoms with Gasteiger partial charge in [-0.15, -0.1) is 0 Å². The summed E-state index contributed by atoms with van der Waals surface area (Å²) >= 11 is 0. The van der Waals surface area contributed by atoms with Crippen LogP contribution in [0.25, 0.3) is 22.3 Å². The Balaban J connectivity index is 2.44. The zero-order valence-corrected chi connectivity index (χ0v) is 18.9. The maximum atomic E-state index is 13.3. The lowest BCUT2D eigenvalue weighted by atomic mass is 10.1. The Kier molecular flexibility index (Phi) is 6.76. The Bertz CT molecular complexity index is 1290. The Morgan fingerprint density at radius 1 is 0.727 bits per heavy atom. The predicted octanol–water partition coefficient (Wildman–Crippen LogP) is 3.35. The summed E-state index contributed by atoms with van der Waals surface area (Å²) in [5.74, 6) is -0.765. The van der Waals surface area contributed by atoms with E-state index in [2.05, 4.69) is 0 Å². The molecule has 0 saturated heterocycles. The minimum Gasteiger partial charge on any atom is -0.496 e. The van der Waals surface area contributed by atoms with Gasteiger partial charge in [0.2, 0.25) is 11.2 Å². The first-order valence-corrected chi connectivity index (χ1v) is 9.60. The van der Waals surface area contributed by atoms with Gasteiger partial charge in [0.15, 0.2) is 17.3 Å². The molecule has 0 radical (unpaired) electrons. The third-order valence-electron chi connectivity index (χ3n) is 4.57. The second-order valence-corrected chi connectivity index (χ2v) is 6.68. The minimum atomic E-state index is -0.635. The van der Waals surface area contributed by atoms with Gasteiger partial charge in [-0.2, -0.15) is 0 Å². The monoisotopic (exact) mass is 458 g/mol. The van der Waals surface area contributed by atoms with E-state index in [0.717, 1.165) is 0 Å². The van der Waals surface area contributed by atoms with Crippen LogP contribution >= 0.6 is 0 Å². The fraction of sp³-hybridized carbons (Fsp3) is 0.261. The number of rotatable bonds is 7. The maximum absolute atomic E-state index is 13.3. The van der Waals surface area contributed by atoms with Crippen molar-refractivity contribution in [2.45, 2.75) is 13.8 Å². The lowest BCUT2D eigenvalue weighted by molar-refractivity contribution is -0.133. The molecule has 0 unspecified atom stereocenters. The highest BCUT2D eigenvalue weighted by Gasteiger charge is 2.26. The van der Waals surface area contributed by atoms with Crippen molar-refractivity contribution in [3.8, 4) is 45.8 Å². The Morgan fingerprint density at radius 3 is 1.91 bits per heavy atom. The second kappa shape index (κ2) is 9.51. The third kappa shape index (κ3) is 4.54. The molecule has 10 heteroatoms. The van der Waals surface area contributed by atoms with Crippen LogP contribution in [0, 0.1) is 0 Å². The molecule has 0 aliphatic rings. The van der Waals surface area contributed by atoms with E-state index in [-0.39, 0.29) is 51.0 Å². The average molecular weight is 458 g/mol. The molecule has 3 rings (SSSR count). The van der Waals surface area contributed by atoms with E-state index in [0.29, 0.717) is 5.75 Å². The molecule has 0 bridgehead atoms. The number of ether oxygens (including phenoxy) is 6. The fourth-order valence-corrected chi connectivity index (χ4v) is 3.24. The zero-order valence-electron chi connectivity index (χ0n) is 18.9. The van der Waals surface area contributed by atoms with Crippen molar-refractivity contribution in [1.29, 1.82) is 0 Å². The van der Waals surface area contributed by atoms with Gasteiger partial charge in [-0.3, -0.25) is 14.4 Å². The van der Waals surface area contributed by atoms with Gasteiger partial charge >= 0.3 is 11.9 Å². The van der Waals surface area contributed by atoms with Crippen LogP contribution in [0.4, 0.5) is 0 Å². The van der Waals surface area contributed by atoms with Gasteiger partial charge in [0.05, 0.1) is 34.0 Å². The highest BCUT2D eigenvalue weighted by molar-refractivity contribution is 5.90. The number of benzene rings is 2. The topological polar surface area (TPSA) is 120 Å². The molecule has 10 nitrogen and oxygen atoms in total. The standard InChI is InChI=1S/C23H22O10/c1-11(24)31-15-10-16(28-4)17(32-12(2)25)9-14(15)22-23(30-6)21(26)20-18(29-5)7-13(27-3)8-19(20)33-22/h7-10H,1-6H3. The first kappa shape index (κ1) is 23.5. The summed E-state index contributed by atoms with van der Waals surface area (Å²) in [5.41, 5.74) is -0.294. The van der Waals surface area contributed by atoms with Crippen molar-refractivity contribution in [2.24, 2.45) is 0 Å². The van der Waals surface area contributed by atoms with Crippen molar-refractivity contribution in [2.75, 3.05) is 28.4 Å². The van der Waals surface area contributed by atoms with E-state index >= 15 is 0 Å². The SMILES string of the molecule is COc1cc(OC)c2c(=O)c(OC)c(-c3cc(OC(C)=O)c(OC)cc3OC(C)=O)oc2c1. The highest BCUT2D eigenvalue weighted by Crippen LogP contribution is 2.44. The van der Waals surface area contributed by atoms with E-state index in [9.17, 15) is 14.4 Å². The summed E-state index contributed by atoms with van der Waals surface area (Å²) < 4.78 is 37.8. The van der Waals surface area contributed by atoms with Crippen molar-refractivity contribution in [3.63, 3.8) is 0 Å². The van der Waals surface area contributed by atoms with Crippen LogP contribution in [-0.4, -0.2) is 40.4 Å². The van der Waals surface area contributed by atoms with Gasteiger partial charge in [0.1, 0.15) is 28.2 Å². The first-order chi connectivity index (χ1) is 15.7. The van der Waals surface area contributed by atoms with Crippen LogP contribution in [0.15, 0.2) is 33.5 Å². The number of methoxy groups -OCH3 is 4. The molecule has 33 heavy (non-hydrogen) atoms. The lowest BCUT2D eigenvalue weighted by Gasteiger charge is -2.16. The summed E-state index contributed by atoms with van der Waals surface area (Å²) in [6, 6.07) is 5.73. The molecule has 0 atom stereocenters. The zero-order chi connectivity index (χ0) is 24.3. The molecular formula is C23H22O10. The molecule has 0 aliphatic heterocycles. The largest absolute Gasteiger partial charge is 0.496 e. The van der Waals surface area contributed by atoms with Crippen LogP contribution in [0.2, 0.25) is 0 Å². The van der Waals surface area contributed by atoms with Crippen molar-refractivity contribution < 1.29 is 42.4 Å². The summed E-state index contributed by atoms with van der Waals surface area (Å²) in [7, 11) is 5.51. The Labute approximate surface area is 188 Å². The van der Waals surface area contributed by atoms with E-state index in [1.54, 1.807) is 0 Å². The fourth-order valence-electron chi connectivity index (χ4n) is 3.24. The van der Waals surface area contributed by atoms with Crippen LogP contribution in [0.1, 0.15) is 13.8 Å². The quantitative estimate of drug-likeness (QED) is 0.385. The summed E-state index contributed by atoms with van der Waals surface area (Å²) in [4.78, 5) is 36.7. The second-order valence-electron chi connectivity index (χ2n) is 6.68. The molecule has 0 amide bonds. The van der Waals surface area contributed by atoms with Crippen LogP contribution in [0.5, 0.6) is 34.5 Å². The van der Waals surface area contributed by atoms with Gasteiger partial charge in [-0.05, 0) is 6.07 Å². The minimum absolute atomic E-state index is 0.00841. The molecule has 1 heterocycles. The van der Waals surface area contributed by atoms with Gasteiger partial charge in [0, 0.05) is 32.0 Å². The molecule has 0 saturated carbocycles. The lowest BCUT2D eigenvalue weighted by Crippen LogP contribution is -2.11. The number of carbonyl (C=O) groups excluding carboxylic acids is 2. The summed E-state index contributed by atoms with van der Waals surface area (Å²) in [5, 5.41) is 0.127. The Hall–Kier alpha value is -4.21. The number of fused-ring (bicyclic) bond motifs is 1. The molecule has 0 N–H and O–H groups in total. The molecule has 0 aliphatic carbocycles. The number of esters is 2. The Morgan fingerprint density at radius 2 is 1.36 bits per heavy atom. The molecule has 174 valence electrons. The van der Waals surface area contributed by atoms with Crippen LogP contribution in [0.3, 0.4) is 0 Å². The van der Waals surface area contributed by atoms with E-state index in [1.807, 2.05) is 0 Å². The highest BCUT2D eigenvalue weighted by atomic mass is 16.6. The van der Waals surface area contributed by atoms with Gasteiger partial charge in [-0.25, -0.2) is 0 Å². The number of carbonyl (C=O) groups is 2. The summed E-state index contributed by atoms with van der Waals surface area (Å²) in [6.45, 7) is 2.42. The maximum Gasteiger partial charge on any atom is 0.308 e. The van der Waals surface area contributed by atoms with Crippen molar-refractivity contribution in [1.82, 2.24) is 0 Å². The molecule has 0 fully saturated rings. The predicted molar refractivity (Wildman–Crippen MR) is 117 cm³/mol. The molecule has 1 aromatic heterocycles. The van der Waals surface area contributed by atoms with E-state index < -0.39 is 17.4 Å². The smallest absolute Gasteiger partial charge is 0.308 e. The van der Waals surface area contributed by atoms with Crippen LogP contribution < -0.4 is 33.8 Å². The van der Waals surface area contributed by atoms with Crippen LogP contribution in [-0.2, 0) is 9.59 Å². The molecular weight excluding hydrogens is 436 g/mol. The first-order valence-electron chi connectivity index (χ1n) is 9.60. The normalized spacial score (nSPS) is 10.5. The molecule has 0 spiro atoms. The number of hydrogen-bond acceptors (Lipinski definition) is 10. The van der Waals surface area contributed by atoms with Crippen molar-refractivity contribution in [3.05, 3.63) is 34.5 Å². The average Bonchev–Trinajstić information content (AvgIpc) is 2.77. The van der Waals surface area contributed by atoms with Gasteiger partial charge < -0.3 is 32.8 Å². The van der Waals surface area contributed by atoms with E-state index in [4.69, 9.17) is 32.8 Å². The van der Waals surface area contributed by atoms with E-state index in [1.165, 1.54) is 66.6 Å². The van der Waals surface area contributed by atoms with Gasteiger partial charge in [0.25, 0.3) is 0 Å². The summed E-state index contributed by atoms with van der Waals surface area (Å²) in [6.07, 6.45) is 0. The number of hydrogen-bond donors (Lipinski definition) is 0. The van der Waals surface area contributed by atoms with Crippen molar-refractivity contribution >= 4 is 22.9 Å². The third-order valence-corrected chi connectivity index (χ3v) is 4.57. The van der Waals surface area contributed by atoms with Gasteiger partial charge in [-0.1, -0.05) is 0 Å². The molecule has 3 aromatic rings.